The Bertz CT molecular complexity index is 167. The molecule has 0 aromatic heterocycles. The van der Waals surface area contributed by atoms with Gasteiger partial charge >= 0.3 is 5.97 Å². The Morgan fingerprint density at radius 3 is 2.62 bits per heavy atom. The van der Waals surface area contributed by atoms with Crippen LogP contribution in [-0.4, -0.2) is 48.7 Å². The lowest BCUT2D eigenvalue weighted by molar-refractivity contribution is -0.139. The Morgan fingerprint density at radius 1 is 1.54 bits per heavy atom. The smallest absolute Gasteiger partial charge is 0.320 e. The molecule has 1 saturated heterocycles. The topological polar surface area (TPSA) is 52.6 Å². The van der Waals surface area contributed by atoms with Crippen LogP contribution >= 0.6 is 0 Å². The van der Waals surface area contributed by atoms with Crippen LogP contribution in [0.2, 0.25) is 0 Å². The van der Waals surface area contributed by atoms with Gasteiger partial charge in [-0.25, -0.2) is 0 Å². The Morgan fingerprint density at radius 2 is 2.15 bits per heavy atom. The van der Waals surface area contributed by atoms with Gasteiger partial charge in [-0.2, -0.15) is 0 Å². The molecule has 1 aliphatic heterocycles. The number of aliphatic carboxylic acids is 1. The summed E-state index contributed by atoms with van der Waals surface area (Å²) in [5.74, 6) is -0.748. The number of likely N-dealkylation sites (tertiary alicyclic amines) is 1. The van der Waals surface area contributed by atoms with E-state index in [1.807, 2.05) is 0 Å². The van der Waals surface area contributed by atoms with E-state index in [0.717, 1.165) is 19.6 Å². The van der Waals surface area contributed by atoms with E-state index in [0.29, 0.717) is 6.42 Å². The average molecular weight is 186 g/mol. The van der Waals surface area contributed by atoms with Crippen LogP contribution in [0.3, 0.4) is 0 Å². The maximum absolute atomic E-state index is 10.7. The number of hydrogen-bond donors (Lipinski definition) is 2. The summed E-state index contributed by atoms with van der Waals surface area (Å²) in [7, 11) is 1.70. The van der Waals surface area contributed by atoms with E-state index >= 15 is 0 Å². The fourth-order valence-corrected chi connectivity index (χ4v) is 1.71. The van der Waals surface area contributed by atoms with Crippen molar-refractivity contribution in [3.8, 4) is 0 Å². The molecule has 0 aliphatic carbocycles. The van der Waals surface area contributed by atoms with Gasteiger partial charge in [-0.15, -0.1) is 0 Å². The molecule has 4 nitrogen and oxygen atoms in total. The molecular formula is C9H18N2O2. The van der Waals surface area contributed by atoms with Crippen LogP contribution in [0.25, 0.3) is 0 Å². The van der Waals surface area contributed by atoms with Gasteiger partial charge in [0.05, 0.1) is 0 Å². The highest BCUT2D eigenvalue weighted by Crippen LogP contribution is 2.08. The van der Waals surface area contributed by atoms with Gasteiger partial charge in [-0.3, -0.25) is 4.79 Å². The van der Waals surface area contributed by atoms with Crippen molar-refractivity contribution < 1.29 is 9.90 Å². The van der Waals surface area contributed by atoms with Crippen LogP contribution in [0.1, 0.15) is 19.3 Å². The van der Waals surface area contributed by atoms with Crippen molar-refractivity contribution in [1.29, 1.82) is 0 Å². The van der Waals surface area contributed by atoms with Gasteiger partial charge in [0, 0.05) is 6.54 Å². The summed E-state index contributed by atoms with van der Waals surface area (Å²) in [4.78, 5) is 13.0. The molecule has 76 valence electrons. The predicted octanol–water partition coefficient (Wildman–Crippen LogP) is 0.145. The summed E-state index contributed by atoms with van der Waals surface area (Å²) in [6.45, 7) is 3.17. The number of likely N-dealkylation sites (N-methyl/N-ethyl adjacent to an activating group) is 1. The monoisotopic (exact) mass is 186 g/mol. The molecule has 4 heteroatoms. The first-order valence-corrected chi connectivity index (χ1v) is 4.86. The molecule has 0 amide bonds. The summed E-state index contributed by atoms with van der Waals surface area (Å²) < 4.78 is 0. The second-order valence-corrected chi connectivity index (χ2v) is 3.52. The fourth-order valence-electron chi connectivity index (χ4n) is 1.71. The van der Waals surface area contributed by atoms with Crippen LogP contribution in [-0.2, 0) is 4.79 Å². The molecule has 13 heavy (non-hydrogen) atoms. The van der Waals surface area contributed by atoms with Crippen molar-refractivity contribution in [2.24, 2.45) is 0 Å². The van der Waals surface area contributed by atoms with Crippen LogP contribution in [0.5, 0.6) is 0 Å². The average Bonchev–Trinajstić information content (AvgIpc) is 2.57. The number of nitrogens with one attached hydrogen (secondary N) is 1. The molecule has 0 bridgehead atoms. The third-order valence-electron chi connectivity index (χ3n) is 2.58. The lowest BCUT2D eigenvalue weighted by Gasteiger charge is -2.17. The first-order chi connectivity index (χ1) is 6.24. The number of nitrogens with zero attached hydrogens (tertiary/aromatic N) is 1. The Balaban J connectivity index is 2.18. The van der Waals surface area contributed by atoms with E-state index in [1.165, 1.54) is 12.8 Å². The highest BCUT2D eigenvalue weighted by molar-refractivity contribution is 5.73. The molecule has 0 saturated carbocycles. The molecule has 0 aromatic carbocycles. The standard InChI is InChI=1S/C9H18N2O2/c1-10-8(9(12)13)4-7-11-5-2-3-6-11/h8,10H,2-7H2,1H3,(H,12,13). The summed E-state index contributed by atoms with van der Waals surface area (Å²) in [6.07, 6.45) is 3.22. The first-order valence-electron chi connectivity index (χ1n) is 4.86. The first kappa shape index (κ1) is 10.5. The summed E-state index contributed by atoms with van der Waals surface area (Å²) >= 11 is 0. The molecule has 1 rings (SSSR count). The van der Waals surface area contributed by atoms with E-state index < -0.39 is 5.97 Å². The molecule has 1 heterocycles. The number of hydrogen-bond acceptors (Lipinski definition) is 3. The minimum absolute atomic E-state index is 0.388. The maximum atomic E-state index is 10.7. The third-order valence-corrected chi connectivity index (χ3v) is 2.58. The largest absolute Gasteiger partial charge is 0.480 e. The van der Waals surface area contributed by atoms with Crippen molar-refractivity contribution in [3.63, 3.8) is 0 Å². The second-order valence-electron chi connectivity index (χ2n) is 3.52. The van der Waals surface area contributed by atoms with Crippen molar-refractivity contribution in [3.05, 3.63) is 0 Å². The lowest BCUT2D eigenvalue weighted by Crippen LogP contribution is -2.37. The normalized spacial score (nSPS) is 20.4. The highest BCUT2D eigenvalue weighted by Gasteiger charge is 2.17. The van der Waals surface area contributed by atoms with Gasteiger partial charge in [0.15, 0.2) is 0 Å². The number of carboxylic acid groups (broad SMARTS) is 1. The summed E-state index contributed by atoms with van der Waals surface area (Å²) in [5.41, 5.74) is 0. The minimum atomic E-state index is -0.748. The van der Waals surface area contributed by atoms with Crippen LogP contribution in [0.15, 0.2) is 0 Å². The van der Waals surface area contributed by atoms with Gasteiger partial charge in [0.1, 0.15) is 6.04 Å². The maximum Gasteiger partial charge on any atom is 0.320 e. The zero-order chi connectivity index (χ0) is 9.68. The molecule has 1 aliphatic rings. The SMILES string of the molecule is CNC(CCN1CCCC1)C(=O)O. The molecule has 0 radical (unpaired) electrons. The number of carbonyl (C=O) groups is 1. The Labute approximate surface area is 78.9 Å². The van der Waals surface area contributed by atoms with Gasteiger partial charge in [-0.1, -0.05) is 0 Å². The van der Waals surface area contributed by atoms with E-state index in [2.05, 4.69) is 10.2 Å². The van der Waals surface area contributed by atoms with Gasteiger partial charge in [0.2, 0.25) is 0 Å². The van der Waals surface area contributed by atoms with E-state index in [4.69, 9.17) is 5.11 Å². The molecule has 0 spiro atoms. The molecule has 1 unspecified atom stereocenters. The van der Waals surface area contributed by atoms with Gasteiger partial charge in [-0.05, 0) is 39.4 Å². The molecular weight excluding hydrogens is 168 g/mol. The predicted molar refractivity (Wildman–Crippen MR) is 50.8 cm³/mol. The van der Waals surface area contributed by atoms with Crippen molar-refractivity contribution in [2.75, 3.05) is 26.7 Å². The van der Waals surface area contributed by atoms with E-state index in [9.17, 15) is 4.79 Å². The molecule has 0 aromatic rings. The Hall–Kier alpha value is -0.610. The second kappa shape index (κ2) is 5.19. The quantitative estimate of drug-likeness (QED) is 0.641. The van der Waals surface area contributed by atoms with Gasteiger partial charge < -0.3 is 15.3 Å². The summed E-state index contributed by atoms with van der Waals surface area (Å²) in [5, 5.41) is 11.6. The zero-order valence-corrected chi connectivity index (χ0v) is 8.12. The number of carboxylic acids is 1. The molecule has 1 atom stereocenters. The molecule has 2 N–H and O–H groups in total. The minimum Gasteiger partial charge on any atom is -0.480 e. The van der Waals surface area contributed by atoms with Gasteiger partial charge in [0.25, 0.3) is 0 Å². The lowest BCUT2D eigenvalue weighted by atomic mass is 10.2. The zero-order valence-electron chi connectivity index (χ0n) is 8.12. The van der Waals surface area contributed by atoms with E-state index in [-0.39, 0.29) is 6.04 Å². The van der Waals surface area contributed by atoms with Crippen molar-refractivity contribution >= 4 is 5.97 Å². The van der Waals surface area contributed by atoms with Crippen molar-refractivity contribution in [1.82, 2.24) is 10.2 Å². The third kappa shape index (κ3) is 3.32. The Kier molecular flexibility index (Phi) is 4.18. The molecule has 1 fully saturated rings. The van der Waals surface area contributed by atoms with Crippen LogP contribution in [0, 0.1) is 0 Å². The fraction of sp³-hybridized carbons (Fsp3) is 0.889. The van der Waals surface area contributed by atoms with Crippen LogP contribution in [0.4, 0.5) is 0 Å². The number of rotatable bonds is 5. The van der Waals surface area contributed by atoms with E-state index in [1.54, 1.807) is 7.05 Å². The summed E-state index contributed by atoms with van der Waals surface area (Å²) in [6, 6.07) is -0.388. The van der Waals surface area contributed by atoms with Crippen molar-refractivity contribution in [2.45, 2.75) is 25.3 Å². The highest BCUT2D eigenvalue weighted by atomic mass is 16.4. The van der Waals surface area contributed by atoms with Crippen LogP contribution < -0.4 is 5.32 Å².